The fraction of sp³-hybridized carbons (Fsp3) is 0.214. The van der Waals surface area contributed by atoms with Crippen LogP contribution in [0.25, 0.3) is 6.08 Å². The molecule has 9 heteroatoms. The number of nitrogens with zero attached hydrogens (tertiary/aromatic N) is 2. The van der Waals surface area contributed by atoms with Crippen LogP contribution in [0.2, 0.25) is 0 Å². The van der Waals surface area contributed by atoms with Crippen molar-refractivity contribution in [2.45, 2.75) is 18.5 Å². The number of methoxy groups -OCH3 is 1. The SMILES string of the molecule is CCc1nc(S/C(=C\c2cc(I)cc(I)c2OC)C(=O)O)n[nH]1. The maximum absolute atomic E-state index is 11.6. The molecule has 0 atom stereocenters. The minimum atomic E-state index is -1.03. The van der Waals surface area contributed by atoms with Gasteiger partial charge >= 0.3 is 5.97 Å². The average molecular weight is 557 g/mol. The number of aryl methyl sites for hydroxylation is 1. The van der Waals surface area contributed by atoms with E-state index >= 15 is 0 Å². The smallest absolute Gasteiger partial charge is 0.342 e. The largest absolute Gasteiger partial charge is 0.495 e. The molecule has 0 saturated heterocycles. The third-order valence-corrected chi connectivity index (χ3v) is 5.09. The summed E-state index contributed by atoms with van der Waals surface area (Å²) in [5, 5.41) is 16.6. The van der Waals surface area contributed by atoms with Gasteiger partial charge in [0.1, 0.15) is 16.5 Å². The van der Waals surface area contributed by atoms with Crippen LogP contribution in [-0.4, -0.2) is 33.4 Å². The van der Waals surface area contributed by atoms with E-state index in [9.17, 15) is 9.90 Å². The minimum absolute atomic E-state index is 0.128. The number of aliphatic carboxylic acids is 1. The monoisotopic (exact) mass is 557 g/mol. The van der Waals surface area contributed by atoms with Crippen molar-refractivity contribution in [3.05, 3.63) is 35.6 Å². The highest BCUT2D eigenvalue weighted by atomic mass is 127. The molecular weight excluding hydrogens is 544 g/mol. The summed E-state index contributed by atoms with van der Waals surface area (Å²) in [4.78, 5) is 15.9. The minimum Gasteiger partial charge on any atom is -0.495 e. The van der Waals surface area contributed by atoms with Crippen molar-refractivity contribution < 1.29 is 14.6 Å². The molecule has 0 aliphatic rings. The fourth-order valence-electron chi connectivity index (χ4n) is 1.76. The van der Waals surface area contributed by atoms with Crippen molar-refractivity contribution in [1.82, 2.24) is 15.2 Å². The van der Waals surface area contributed by atoms with Crippen LogP contribution < -0.4 is 4.74 Å². The number of ether oxygens (including phenoxy) is 1. The third kappa shape index (κ3) is 4.83. The number of H-pyrrole nitrogens is 1. The highest BCUT2D eigenvalue weighted by Gasteiger charge is 2.16. The highest BCUT2D eigenvalue weighted by molar-refractivity contribution is 14.1. The average Bonchev–Trinajstić information content (AvgIpc) is 2.93. The summed E-state index contributed by atoms with van der Waals surface area (Å²) in [5.41, 5.74) is 0.708. The van der Waals surface area contributed by atoms with Gasteiger partial charge in [0.2, 0.25) is 5.16 Å². The number of carboxylic acids is 1. The zero-order valence-electron chi connectivity index (χ0n) is 12.3. The molecule has 0 aliphatic heterocycles. The van der Waals surface area contributed by atoms with E-state index in [0.29, 0.717) is 22.9 Å². The standard InChI is InChI=1S/C14H13I2N3O3S/c1-3-11-17-14(19-18-11)23-10(13(20)21)5-7-4-8(15)6-9(16)12(7)22-2/h4-6H,3H2,1-2H3,(H,20,21)(H,17,18,19)/b10-5-. The number of carboxylic acid groups (broad SMARTS) is 1. The Kier molecular flexibility index (Phi) is 6.71. The molecule has 0 unspecified atom stereocenters. The molecule has 2 N–H and O–H groups in total. The van der Waals surface area contributed by atoms with Gasteiger partial charge in [0.15, 0.2) is 0 Å². The van der Waals surface area contributed by atoms with Gasteiger partial charge in [0.05, 0.1) is 10.7 Å². The van der Waals surface area contributed by atoms with Gasteiger partial charge in [0, 0.05) is 15.6 Å². The summed E-state index contributed by atoms with van der Waals surface area (Å²) in [6.45, 7) is 1.95. The molecule has 1 aromatic heterocycles. The Morgan fingerprint density at radius 2 is 2.22 bits per heavy atom. The predicted octanol–water partition coefficient (Wildman–Crippen LogP) is 3.80. The molecule has 1 heterocycles. The molecule has 2 rings (SSSR count). The zero-order valence-corrected chi connectivity index (χ0v) is 17.4. The number of benzene rings is 1. The van der Waals surface area contributed by atoms with Crippen LogP contribution in [0, 0.1) is 7.14 Å². The molecule has 0 saturated carbocycles. The first kappa shape index (κ1) is 18.5. The highest BCUT2D eigenvalue weighted by Crippen LogP contribution is 2.33. The van der Waals surface area contributed by atoms with Gasteiger partial charge in [-0.3, -0.25) is 5.10 Å². The van der Waals surface area contributed by atoms with E-state index in [1.165, 1.54) is 0 Å². The molecule has 122 valence electrons. The lowest BCUT2D eigenvalue weighted by molar-refractivity contribution is -0.131. The first-order valence-corrected chi connectivity index (χ1v) is 9.49. The maximum atomic E-state index is 11.6. The molecule has 2 aromatic rings. The topological polar surface area (TPSA) is 88.1 Å². The van der Waals surface area contributed by atoms with E-state index in [4.69, 9.17) is 4.74 Å². The van der Waals surface area contributed by atoms with Crippen molar-refractivity contribution in [3.8, 4) is 5.75 Å². The van der Waals surface area contributed by atoms with Gasteiger partial charge in [-0.1, -0.05) is 6.92 Å². The van der Waals surface area contributed by atoms with E-state index < -0.39 is 5.97 Å². The predicted molar refractivity (Wildman–Crippen MR) is 106 cm³/mol. The Labute approximate surface area is 164 Å². The number of hydrogen-bond acceptors (Lipinski definition) is 5. The van der Waals surface area contributed by atoms with Crippen LogP contribution in [0.3, 0.4) is 0 Å². The van der Waals surface area contributed by atoms with Crippen LogP contribution >= 0.6 is 56.9 Å². The van der Waals surface area contributed by atoms with Gasteiger partial charge in [-0.05, 0) is 75.2 Å². The molecule has 23 heavy (non-hydrogen) atoms. The van der Waals surface area contributed by atoms with E-state index in [0.717, 1.165) is 24.7 Å². The lowest BCUT2D eigenvalue weighted by Crippen LogP contribution is -1.99. The number of carbonyl (C=O) groups is 1. The Balaban J connectivity index is 2.41. The van der Waals surface area contributed by atoms with E-state index in [-0.39, 0.29) is 4.91 Å². The molecule has 0 fully saturated rings. The quantitative estimate of drug-likeness (QED) is 0.320. The Morgan fingerprint density at radius 1 is 1.48 bits per heavy atom. The van der Waals surface area contributed by atoms with E-state index in [1.54, 1.807) is 13.2 Å². The van der Waals surface area contributed by atoms with Crippen molar-refractivity contribution in [2.75, 3.05) is 7.11 Å². The second-order valence-corrected chi connectivity index (χ2v) is 7.76. The first-order chi connectivity index (χ1) is 10.9. The summed E-state index contributed by atoms with van der Waals surface area (Å²) >= 11 is 5.36. The van der Waals surface area contributed by atoms with Gasteiger partial charge in [-0.25, -0.2) is 9.78 Å². The summed E-state index contributed by atoms with van der Waals surface area (Å²) in [7, 11) is 1.57. The van der Waals surface area contributed by atoms with Gasteiger partial charge in [-0.2, -0.15) is 0 Å². The van der Waals surface area contributed by atoms with Gasteiger partial charge in [0.25, 0.3) is 0 Å². The fourth-order valence-corrected chi connectivity index (χ4v) is 4.59. The van der Waals surface area contributed by atoms with Crippen LogP contribution in [-0.2, 0) is 11.2 Å². The zero-order chi connectivity index (χ0) is 17.0. The van der Waals surface area contributed by atoms with Crippen molar-refractivity contribution in [1.29, 1.82) is 0 Å². The number of hydrogen-bond donors (Lipinski definition) is 2. The van der Waals surface area contributed by atoms with Crippen molar-refractivity contribution in [3.63, 3.8) is 0 Å². The second-order valence-electron chi connectivity index (χ2n) is 4.34. The number of nitrogens with one attached hydrogen (secondary N) is 1. The molecule has 0 amide bonds. The maximum Gasteiger partial charge on any atom is 0.342 e. The summed E-state index contributed by atoms with van der Waals surface area (Å²) in [6, 6.07) is 3.84. The molecule has 0 bridgehead atoms. The van der Waals surface area contributed by atoms with Crippen LogP contribution in [0.5, 0.6) is 5.75 Å². The van der Waals surface area contributed by atoms with E-state index in [1.807, 2.05) is 19.1 Å². The number of thioether (sulfide) groups is 1. The van der Waals surface area contributed by atoms with Crippen LogP contribution in [0.1, 0.15) is 18.3 Å². The number of aromatic nitrogens is 3. The molecule has 0 aliphatic carbocycles. The molecular formula is C14H13I2N3O3S. The van der Waals surface area contributed by atoms with Gasteiger partial charge in [-0.15, -0.1) is 5.10 Å². The first-order valence-electron chi connectivity index (χ1n) is 6.51. The van der Waals surface area contributed by atoms with Crippen molar-refractivity contribution in [2.24, 2.45) is 0 Å². The third-order valence-electron chi connectivity index (χ3n) is 2.79. The Hall–Kier alpha value is -0.820. The normalized spacial score (nSPS) is 11.6. The Morgan fingerprint density at radius 3 is 2.78 bits per heavy atom. The van der Waals surface area contributed by atoms with Crippen molar-refractivity contribution >= 4 is 69.0 Å². The number of aromatic amines is 1. The summed E-state index contributed by atoms with van der Waals surface area (Å²) in [5.74, 6) is 0.335. The summed E-state index contributed by atoms with van der Waals surface area (Å²) < 4.78 is 7.31. The Bertz CT molecular complexity index is 762. The molecule has 1 aromatic carbocycles. The second kappa shape index (κ2) is 8.33. The summed E-state index contributed by atoms with van der Waals surface area (Å²) in [6.07, 6.45) is 2.29. The number of halogens is 2. The molecule has 6 nitrogen and oxygen atoms in total. The lowest BCUT2D eigenvalue weighted by atomic mass is 10.2. The number of rotatable bonds is 6. The van der Waals surface area contributed by atoms with Crippen LogP contribution in [0.15, 0.2) is 22.2 Å². The lowest BCUT2D eigenvalue weighted by Gasteiger charge is -2.09. The van der Waals surface area contributed by atoms with Crippen LogP contribution in [0.4, 0.5) is 0 Å². The molecule has 0 radical (unpaired) electrons. The van der Waals surface area contributed by atoms with Gasteiger partial charge < -0.3 is 9.84 Å². The van der Waals surface area contributed by atoms with E-state index in [2.05, 4.69) is 60.4 Å². The molecule has 0 spiro atoms.